The first-order valence-electron chi connectivity index (χ1n) is 9.59. The molecule has 0 aliphatic rings. The number of sulfonamides is 1. The fourth-order valence-electron chi connectivity index (χ4n) is 2.84. The molecular formula is C22H23N3O5S. The highest BCUT2D eigenvalue weighted by atomic mass is 32.2. The maximum absolute atomic E-state index is 12.7. The van der Waals surface area contributed by atoms with Crippen molar-refractivity contribution < 1.29 is 22.4 Å². The second kappa shape index (κ2) is 9.48. The van der Waals surface area contributed by atoms with E-state index in [-0.39, 0.29) is 18.2 Å². The first-order chi connectivity index (χ1) is 14.8. The van der Waals surface area contributed by atoms with Crippen molar-refractivity contribution in [3.05, 3.63) is 83.8 Å². The van der Waals surface area contributed by atoms with Crippen LogP contribution in [0.2, 0.25) is 0 Å². The summed E-state index contributed by atoms with van der Waals surface area (Å²) in [6.45, 7) is 1.79. The zero-order chi connectivity index (χ0) is 22.4. The monoisotopic (exact) mass is 441 g/mol. The van der Waals surface area contributed by atoms with Crippen LogP contribution in [-0.4, -0.2) is 33.0 Å². The van der Waals surface area contributed by atoms with Gasteiger partial charge in [0.2, 0.25) is 10.0 Å². The summed E-state index contributed by atoms with van der Waals surface area (Å²) in [5.41, 5.74) is 1.46. The Hall–Kier alpha value is -3.59. The van der Waals surface area contributed by atoms with Crippen molar-refractivity contribution in [3.8, 4) is 0 Å². The Morgan fingerprint density at radius 2 is 1.68 bits per heavy atom. The third-order valence-electron chi connectivity index (χ3n) is 4.70. The van der Waals surface area contributed by atoms with Gasteiger partial charge in [0.1, 0.15) is 5.76 Å². The van der Waals surface area contributed by atoms with Crippen LogP contribution >= 0.6 is 0 Å². The summed E-state index contributed by atoms with van der Waals surface area (Å²) in [6, 6.07) is 16.3. The van der Waals surface area contributed by atoms with E-state index in [0.29, 0.717) is 28.3 Å². The third kappa shape index (κ3) is 5.32. The Labute approximate surface area is 180 Å². The summed E-state index contributed by atoms with van der Waals surface area (Å²) >= 11 is 0. The molecule has 0 saturated heterocycles. The minimum Gasteiger partial charge on any atom is -0.467 e. The summed E-state index contributed by atoms with van der Waals surface area (Å²) in [5, 5.41) is 5.48. The maximum atomic E-state index is 12.7. The lowest BCUT2D eigenvalue weighted by molar-refractivity contribution is 0.0949. The van der Waals surface area contributed by atoms with Crippen molar-refractivity contribution in [1.82, 2.24) is 5.32 Å². The van der Waals surface area contributed by atoms with Gasteiger partial charge in [-0.1, -0.05) is 12.1 Å². The van der Waals surface area contributed by atoms with Crippen LogP contribution in [0.5, 0.6) is 0 Å². The Kier molecular flexibility index (Phi) is 6.76. The van der Waals surface area contributed by atoms with Crippen LogP contribution in [0, 0.1) is 0 Å². The first kappa shape index (κ1) is 22.1. The van der Waals surface area contributed by atoms with E-state index in [9.17, 15) is 18.0 Å². The Bertz CT molecular complexity index is 1160. The van der Waals surface area contributed by atoms with Crippen molar-refractivity contribution in [2.24, 2.45) is 0 Å². The van der Waals surface area contributed by atoms with Crippen molar-refractivity contribution >= 4 is 33.2 Å². The largest absolute Gasteiger partial charge is 0.467 e. The number of anilines is 2. The summed E-state index contributed by atoms with van der Waals surface area (Å²) in [7, 11) is -1.92. The quantitative estimate of drug-likeness (QED) is 0.558. The van der Waals surface area contributed by atoms with E-state index in [1.54, 1.807) is 55.5 Å². The molecule has 9 heteroatoms. The van der Waals surface area contributed by atoms with Crippen LogP contribution in [0.4, 0.5) is 11.4 Å². The van der Waals surface area contributed by atoms with Gasteiger partial charge in [0.15, 0.2) is 0 Å². The summed E-state index contributed by atoms with van der Waals surface area (Å²) in [6.07, 6.45) is 1.52. The molecule has 0 atom stereocenters. The molecular weight excluding hydrogens is 418 g/mol. The van der Waals surface area contributed by atoms with Crippen molar-refractivity contribution in [2.45, 2.75) is 13.5 Å². The van der Waals surface area contributed by atoms with Gasteiger partial charge in [-0.3, -0.25) is 13.9 Å². The highest BCUT2D eigenvalue weighted by molar-refractivity contribution is 7.92. The highest BCUT2D eigenvalue weighted by Crippen LogP contribution is 2.20. The van der Waals surface area contributed by atoms with Crippen LogP contribution in [0.25, 0.3) is 0 Å². The minimum atomic E-state index is -3.39. The predicted octanol–water partition coefficient (Wildman–Crippen LogP) is 3.25. The average Bonchev–Trinajstić information content (AvgIpc) is 3.31. The lowest BCUT2D eigenvalue weighted by Gasteiger charge is -2.18. The Balaban J connectivity index is 1.71. The molecule has 1 aromatic heterocycles. The summed E-state index contributed by atoms with van der Waals surface area (Å²) in [4.78, 5) is 25.2. The number of carbonyl (C=O) groups is 2. The highest BCUT2D eigenvalue weighted by Gasteiger charge is 2.17. The smallest absolute Gasteiger partial charge is 0.255 e. The second-order valence-corrected chi connectivity index (χ2v) is 8.97. The van der Waals surface area contributed by atoms with Crippen molar-refractivity contribution in [1.29, 1.82) is 0 Å². The van der Waals surface area contributed by atoms with E-state index in [1.165, 1.54) is 29.7 Å². The van der Waals surface area contributed by atoms with Crippen LogP contribution in [-0.2, 0) is 16.6 Å². The lowest BCUT2D eigenvalue weighted by Crippen LogP contribution is -2.28. The molecule has 0 radical (unpaired) electrons. The molecule has 0 saturated carbocycles. The van der Waals surface area contributed by atoms with Crippen molar-refractivity contribution in [2.75, 3.05) is 22.4 Å². The van der Waals surface area contributed by atoms with E-state index < -0.39 is 15.9 Å². The maximum Gasteiger partial charge on any atom is 0.255 e. The zero-order valence-electron chi connectivity index (χ0n) is 17.2. The molecule has 0 aliphatic carbocycles. The number of nitrogens with zero attached hydrogens (tertiary/aromatic N) is 1. The molecule has 2 amide bonds. The zero-order valence-corrected chi connectivity index (χ0v) is 18.0. The molecule has 0 fully saturated rings. The van der Waals surface area contributed by atoms with Gasteiger partial charge in [-0.15, -0.1) is 0 Å². The number of benzene rings is 2. The van der Waals surface area contributed by atoms with Crippen LogP contribution in [0.15, 0.2) is 71.3 Å². The van der Waals surface area contributed by atoms with E-state index in [4.69, 9.17) is 4.42 Å². The first-order valence-corrected chi connectivity index (χ1v) is 11.2. The predicted molar refractivity (Wildman–Crippen MR) is 119 cm³/mol. The Morgan fingerprint density at radius 3 is 2.32 bits per heavy atom. The molecule has 2 aromatic carbocycles. The minimum absolute atomic E-state index is 0.0233. The fraction of sp³-hybridized carbons (Fsp3) is 0.182. The average molecular weight is 442 g/mol. The standard InChI is InChI=1S/C22H23N3O5S/c1-3-31(28,29)25(2)17-12-10-16(11-13-17)21(26)24-20-9-5-4-8-19(20)22(27)23-15-18-7-6-14-30-18/h4-14H,3,15H2,1-2H3,(H,23,27)(H,24,26). The number of carbonyl (C=O) groups excluding carboxylic acids is 2. The number of rotatable bonds is 8. The fourth-order valence-corrected chi connectivity index (χ4v) is 3.67. The van der Waals surface area contributed by atoms with E-state index >= 15 is 0 Å². The van der Waals surface area contributed by atoms with Gasteiger partial charge in [0, 0.05) is 12.6 Å². The SMILES string of the molecule is CCS(=O)(=O)N(C)c1ccc(C(=O)Nc2ccccc2C(=O)NCc2ccco2)cc1. The molecule has 3 rings (SSSR count). The normalized spacial score (nSPS) is 11.0. The van der Waals surface area contributed by atoms with Gasteiger partial charge in [0.25, 0.3) is 11.8 Å². The van der Waals surface area contributed by atoms with E-state index in [0.717, 1.165) is 0 Å². The molecule has 31 heavy (non-hydrogen) atoms. The van der Waals surface area contributed by atoms with Gasteiger partial charge < -0.3 is 15.1 Å². The molecule has 3 aromatic rings. The number of para-hydroxylation sites is 1. The number of hydrogen-bond acceptors (Lipinski definition) is 5. The lowest BCUT2D eigenvalue weighted by atomic mass is 10.1. The molecule has 0 spiro atoms. The van der Waals surface area contributed by atoms with Gasteiger partial charge >= 0.3 is 0 Å². The van der Waals surface area contributed by atoms with Crippen LogP contribution < -0.4 is 14.9 Å². The molecule has 0 bridgehead atoms. The molecule has 8 nitrogen and oxygen atoms in total. The summed E-state index contributed by atoms with van der Waals surface area (Å²) in [5.74, 6) is -0.178. The van der Waals surface area contributed by atoms with Gasteiger partial charge in [-0.25, -0.2) is 8.42 Å². The van der Waals surface area contributed by atoms with Crippen molar-refractivity contribution in [3.63, 3.8) is 0 Å². The van der Waals surface area contributed by atoms with Gasteiger partial charge in [-0.05, 0) is 55.5 Å². The third-order valence-corrected chi connectivity index (χ3v) is 6.47. The molecule has 0 aliphatic heterocycles. The van der Waals surface area contributed by atoms with E-state index in [1.807, 2.05) is 0 Å². The van der Waals surface area contributed by atoms with Gasteiger partial charge in [-0.2, -0.15) is 0 Å². The Morgan fingerprint density at radius 1 is 0.968 bits per heavy atom. The molecule has 0 unspecified atom stereocenters. The summed E-state index contributed by atoms with van der Waals surface area (Å²) < 4.78 is 30.4. The number of nitrogens with one attached hydrogen (secondary N) is 2. The molecule has 162 valence electrons. The number of furan rings is 1. The van der Waals surface area contributed by atoms with Crippen LogP contribution in [0.1, 0.15) is 33.4 Å². The topological polar surface area (TPSA) is 109 Å². The second-order valence-electron chi connectivity index (χ2n) is 6.68. The van der Waals surface area contributed by atoms with E-state index in [2.05, 4.69) is 10.6 Å². The van der Waals surface area contributed by atoms with Gasteiger partial charge in [0.05, 0.1) is 35.5 Å². The molecule has 1 heterocycles. The number of hydrogen-bond donors (Lipinski definition) is 2. The van der Waals surface area contributed by atoms with Crippen LogP contribution in [0.3, 0.4) is 0 Å². The molecule has 2 N–H and O–H groups in total. The number of amides is 2.